The van der Waals surface area contributed by atoms with Crippen LogP contribution in [0.1, 0.15) is 22.8 Å². The highest BCUT2D eigenvalue weighted by molar-refractivity contribution is 5.30. The molecule has 4 heteroatoms. The second-order valence-electron chi connectivity index (χ2n) is 8.20. The summed E-state index contributed by atoms with van der Waals surface area (Å²) in [4.78, 5) is 4.91. The highest BCUT2D eigenvalue weighted by Crippen LogP contribution is 2.27. The number of aliphatic hydroxyl groups is 1. The van der Waals surface area contributed by atoms with Crippen LogP contribution in [-0.2, 0) is 11.3 Å². The summed E-state index contributed by atoms with van der Waals surface area (Å²) in [6.07, 6.45) is -0.412. The van der Waals surface area contributed by atoms with Gasteiger partial charge in [-0.05, 0) is 16.7 Å². The van der Waals surface area contributed by atoms with Gasteiger partial charge in [0, 0.05) is 39.3 Å². The molecular weight excluding hydrogens is 384 g/mol. The molecule has 0 amide bonds. The number of hydrogen-bond acceptors (Lipinski definition) is 4. The first-order chi connectivity index (χ1) is 15.3. The van der Waals surface area contributed by atoms with Crippen molar-refractivity contribution in [1.82, 2.24) is 9.80 Å². The Bertz CT molecular complexity index is 841. The van der Waals surface area contributed by atoms with Gasteiger partial charge in [-0.1, -0.05) is 91.0 Å². The van der Waals surface area contributed by atoms with E-state index in [1.54, 1.807) is 0 Å². The molecule has 1 aliphatic rings. The predicted octanol–water partition coefficient (Wildman–Crippen LogP) is 3.97. The van der Waals surface area contributed by atoms with E-state index < -0.39 is 0 Å². The SMILES string of the molecule is OCC(CN1CCN(Cc2ccccc2)CC1)OC(c1ccccc1)c1ccccc1. The molecule has 162 valence electrons. The summed E-state index contributed by atoms with van der Waals surface area (Å²) in [6, 6.07) is 31.2. The summed E-state index contributed by atoms with van der Waals surface area (Å²) in [5, 5.41) is 10.1. The van der Waals surface area contributed by atoms with Crippen molar-refractivity contribution >= 4 is 0 Å². The fourth-order valence-corrected chi connectivity index (χ4v) is 4.20. The van der Waals surface area contributed by atoms with Crippen molar-refractivity contribution in [3.05, 3.63) is 108 Å². The maximum Gasteiger partial charge on any atom is 0.108 e. The zero-order chi connectivity index (χ0) is 21.3. The number of aliphatic hydroxyl groups excluding tert-OH is 1. The van der Waals surface area contributed by atoms with Crippen molar-refractivity contribution in [3.63, 3.8) is 0 Å². The zero-order valence-electron chi connectivity index (χ0n) is 18.0. The van der Waals surface area contributed by atoms with Gasteiger partial charge >= 0.3 is 0 Å². The van der Waals surface area contributed by atoms with Gasteiger partial charge < -0.3 is 9.84 Å². The second kappa shape index (κ2) is 11.2. The molecule has 1 aliphatic heterocycles. The van der Waals surface area contributed by atoms with Gasteiger partial charge in [0.1, 0.15) is 6.10 Å². The van der Waals surface area contributed by atoms with Gasteiger partial charge in [0.05, 0.1) is 12.7 Å². The fourth-order valence-electron chi connectivity index (χ4n) is 4.20. The van der Waals surface area contributed by atoms with Crippen molar-refractivity contribution in [2.24, 2.45) is 0 Å². The lowest BCUT2D eigenvalue weighted by Gasteiger charge is -2.37. The molecule has 31 heavy (non-hydrogen) atoms. The molecule has 0 aromatic heterocycles. The molecule has 3 aromatic carbocycles. The van der Waals surface area contributed by atoms with Crippen molar-refractivity contribution in [3.8, 4) is 0 Å². The van der Waals surface area contributed by atoms with Crippen LogP contribution < -0.4 is 0 Å². The molecular formula is C27H32N2O2. The first-order valence-corrected chi connectivity index (χ1v) is 11.2. The van der Waals surface area contributed by atoms with Crippen molar-refractivity contribution in [2.75, 3.05) is 39.3 Å². The molecule has 1 N–H and O–H groups in total. The Kier molecular flexibility index (Phi) is 7.86. The first-order valence-electron chi connectivity index (χ1n) is 11.2. The molecule has 1 fully saturated rings. The van der Waals surface area contributed by atoms with Crippen LogP contribution in [0.5, 0.6) is 0 Å². The molecule has 1 unspecified atom stereocenters. The summed E-state index contributed by atoms with van der Waals surface area (Å²) in [6.45, 7) is 5.81. The number of piperazine rings is 1. The lowest BCUT2D eigenvalue weighted by molar-refractivity contribution is -0.0454. The van der Waals surface area contributed by atoms with Gasteiger partial charge in [0.2, 0.25) is 0 Å². The minimum absolute atomic E-state index is 0.0143. The number of benzene rings is 3. The van der Waals surface area contributed by atoms with Crippen LogP contribution in [0.2, 0.25) is 0 Å². The van der Waals surface area contributed by atoms with Gasteiger partial charge in [-0.3, -0.25) is 9.80 Å². The van der Waals surface area contributed by atoms with Crippen LogP contribution >= 0.6 is 0 Å². The molecule has 0 spiro atoms. The van der Waals surface area contributed by atoms with Crippen LogP contribution in [0.3, 0.4) is 0 Å². The Balaban J connectivity index is 1.35. The monoisotopic (exact) mass is 416 g/mol. The van der Waals surface area contributed by atoms with Crippen LogP contribution in [-0.4, -0.2) is 60.3 Å². The quantitative estimate of drug-likeness (QED) is 0.573. The molecule has 1 heterocycles. The topological polar surface area (TPSA) is 35.9 Å². The van der Waals surface area contributed by atoms with E-state index in [1.807, 2.05) is 36.4 Å². The van der Waals surface area contributed by atoms with Crippen LogP contribution in [0, 0.1) is 0 Å². The molecule has 1 saturated heterocycles. The average molecular weight is 417 g/mol. The van der Waals surface area contributed by atoms with Crippen molar-refractivity contribution in [2.45, 2.75) is 18.8 Å². The Labute approximate surface area is 185 Å². The van der Waals surface area contributed by atoms with Gasteiger partial charge in [-0.15, -0.1) is 0 Å². The molecule has 0 saturated carbocycles. The van der Waals surface area contributed by atoms with Crippen LogP contribution in [0.15, 0.2) is 91.0 Å². The normalized spacial score (nSPS) is 16.5. The van der Waals surface area contributed by atoms with Gasteiger partial charge in [-0.2, -0.15) is 0 Å². The van der Waals surface area contributed by atoms with E-state index in [-0.39, 0.29) is 18.8 Å². The number of nitrogens with zero attached hydrogens (tertiary/aromatic N) is 2. The van der Waals surface area contributed by atoms with Gasteiger partial charge in [0.15, 0.2) is 0 Å². The molecule has 4 nitrogen and oxygen atoms in total. The predicted molar refractivity (Wildman–Crippen MR) is 125 cm³/mol. The summed E-state index contributed by atoms with van der Waals surface area (Å²) in [7, 11) is 0. The minimum atomic E-state index is -0.230. The lowest BCUT2D eigenvalue weighted by atomic mass is 10.0. The highest BCUT2D eigenvalue weighted by atomic mass is 16.5. The summed E-state index contributed by atoms with van der Waals surface area (Å²) >= 11 is 0. The summed E-state index contributed by atoms with van der Waals surface area (Å²) in [5.74, 6) is 0. The van der Waals surface area contributed by atoms with Gasteiger partial charge in [0.25, 0.3) is 0 Å². The third kappa shape index (κ3) is 6.25. The van der Waals surface area contributed by atoms with E-state index in [2.05, 4.69) is 64.4 Å². The third-order valence-corrected chi connectivity index (χ3v) is 5.91. The van der Waals surface area contributed by atoms with E-state index in [0.717, 1.165) is 50.4 Å². The number of ether oxygens (including phenoxy) is 1. The standard InChI is InChI=1S/C27H32N2O2/c30-22-26(21-29-18-16-28(17-19-29)20-23-10-4-1-5-11-23)31-27(24-12-6-2-7-13-24)25-14-8-3-9-15-25/h1-15,26-27,30H,16-22H2. The van der Waals surface area contributed by atoms with Gasteiger partial charge in [-0.25, -0.2) is 0 Å². The van der Waals surface area contributed by atoms with E-state index in [4.69, 9.17) is 4.74 Å². The number of hydrogen-bond donors (Lipinski definition) is 1. The second-order valence-corrected chi connectivity index (χ2v) is 8.20. The van der Waals surface area contributed by atoms with Crippen LogP contribution in [0.4, 0.5) is 0 Å². The van der Waals surface area contributed by atoms with Crippen molar-refractivity contribution in [1.29, 1.82) is 0 Å². The third-order valence-electron chi connectivity index (χ3n) is 5.91. The van der Waals surface area contributed by atoms with E-state index in [0.29, 0.717) is 0 Å². The smallest absolute Gasteiger partial charge is 0.108 e. The Hall–Kier alpha value is -2.50. The van der Waals surface area contributed by atoms with Crippen molar-refractivity contribution < 1.29 is 9.84 Å². The van der Waals surface area contributed by atoms with Crippen LogP contribution in [0.25, 0.3) is 0 Å². The molecule has 4 rings (SSSR count). The summed E-state index contributed by atoms with van der Waals surface area (Å²) in [5.41, 5.74) is 3.58. The minimum Gasteiger partial charge on any atom is -0.394 e. The zero-order valence-corrected chi connectivity index (χ0v) is 18.0. The maximum absolute atomic E-state index is 10.1. The Morgan fingerprint density at radius 1 is 0.677 bits per heavy atom. The van der Waals surface area contributed by atoms with E-state index in [1.165, 1.54) is 5.56 Å². The number of rotatable bonds is 9. The molecule has 0 aliphatic carbocycles. The Morgan fingerprint density at radius 2 is 1.16 bits per heavy atom. The molecule has 0 radical (unpaired) electrons. The lowest BCUT2D eigenvalue weighted by Crippen LogP contribution is -2.49. The molecule has 3 aromatic rings. The van der Waals surface area contributed by atoms with E-state index >= 15 is 0 Å². The highest BCUT2D eigenvalue weighted by Gasteiger charge is 2.24. The first kappa shape index (κ1) is 21.7. The Morgan fingerprint density at radius 3 is 1.68 bits per heavy atom. The molecule has 1 atom stereocenters. The summed E-state index contributed by atoms with van der Waals surface area (Å²) < 4.78 is 6.49. The largest absolute Gasteiger partial charge is 0.394 e. The van der Waals surface area contributed by atoms with E-state index in [9.17, 15) is 5.11 Å². The fraction of sp³-hybridized carbons (Fsp3) is 0.333. The average Bonchev–Trinajstić information content (AvgIpc) is 2.84. The maximum atomic E-state index is 10.1. The molecule has 0 bridgehead atoms.